The lowest BCUT2D eigenvalue weighted by atomic mass is 10.2. The number of ether oxygens (including phenoxy) is 3. The van der Waals surface area contributed by atoms with Crippen LogP contribution in [0.25, 0.3) is 0 Å². The molecular formula is C24H32N4O5. The number of rotatable bonds is 11. The third-order valence-electron chi connectivity index (χ3n) is 5.33. The molecule has 2 N–H and O–H groups in total. The number of anilines is 2. The fourth-order valence-electron chi connectivity index (χ4n) is 3.59. The molecule has 1 fully saturated rings. The highest BCUT2D eigenvalue weighted by Crippen LogP contribution is 2.23. The van der Waals surface area contributed by atoms with E-state index in [0.717, 1.165) is 32.0 Å². The minimum Gasteiger partial charge on any atom is -0.497 e. The van der Waals surface area contributed by atoms with Crippen LogP contribution in [0.4, 0.5) is 11.5 Å². The summed E-state index contributed by atoms with van der Waals surface area (Å²) < 4.78 is 15.8. The number of carbonyl (C=O) groups excluding carboxylic acids is 1. The fourth-order valence-corrected chi connectivity index (χ4v) is 3.59. The Morgan fingerprint density at radius 2 is 1.88 bits per heavy atom. The van der Waals surface area contributed by atoms with E-state index in [1.165, 1.54) is 0 Å². The first-order valence-electron chi connectivity index (χ1n) is 10.9. The maximum atomic E-state index is 12.6. The summed E-state index contributed by atoms with van der Waals surface area (Å²) in [6.45, 7) is 8.21. The Balaban J connectivity index is 1.51. The van der Waals surface area contributed by atoms with Crippen LogP contribution in [0.3, 0.4) is 0 Å². The number of hydrogen-bond acceptors (Lipinski definition) is 8. The molecule has 0 spiro atoms. The first-order valence-corrected chi connectivity index (χ1v) is 10.9. The summed E-state index contributed by atoms with van der Waals surface area (Å²) in [7, 11) is 3.08. The molecule has 33 heavy (non-hydrogen) atoms. The van der Waals surface area contributed by atoms with Crippen LogP contribution < -0.4 is 19.7 Å². The molecule has 1 aromatic heterocycles. The van der Waals surface area contributed by atoms with Crippen LogP contribution in [-0.4, -0.2) is 87.2 Å². The number of amides is 1. The third kappa shape index (κ3) is 7.18. The Morgan fingerprint density at radius 1 is 1.18 bits per heavy atom. The van der Waals surface area contributed by atoms with Crippen molar-refractivity contribution < 1.29 is 24.1 Å². The molecule has 9 nitrogen and oxygen atoms in total. The van der Waals surface area contributed by atoms with Crippen molar-refractivity contribution in [2.75, 3.05) is 70.4 Å². The van der Waals surface area contributed by atoms with Crippen LogP contribution in [0, 0.1) is 0 Å². The topological polar surface area (TPSA) is 96.4 Å². The molecule has 0 saturated carbocycles. The van der Waals surface area contributed by atoms with E-state index in [9.17, 15) is 9.90 Å². The van der Waals surface area contributed by atoms with Gasteiger partial charge in [-0.2, -0.15) is 0 Å². The van der Waals surface area contributed by atoms with Gasteiger partial charge in [-0.15, -0.1) is 6.58 Å². The van der Waals surface area contributed by atoms with Crippen molar-refractivity contribution in [2.45, 2.75) is 6.10 Å². The number of pyridine rings is 1. The molecule has 1 unspecified atom stereocenters. The number of aliphatic hydroxyl groups is 1. The van der Waals surface area contributed by atoms with Crippen molar-refractivity contribution in [1.82, 2.24) is 9.88 Å². The number of β-amino-alcohol motifs (C(OH)–C–C–N with tert-alkyl or cyclic N) is 1. The van der Waals surface area contributed by atoms with E-state index < -0.39 is 6.10 Å². The van der Waals surface area contributed by atoms with Gasteiger partial charge in [-0.1, -0.05) is 6.08 Å². The Hall–Kier alpha value is -3.14. The van der Waals surface area contributed by atoms with E-state index in [-0.39, 0.29) is 5.91 Å². The van der Waals surface area contributed by atoms with E-state index in [1.54, 1.807) is 44.7 Å². The SMILES string of the molecule is C=CCOCC(O)CN1CCN(c2ccc(NC(=O)c3cc(OC)cc(OC)c3)cn2)CC1. The average molecular weight is 457 g/mol. The number of aromatic nitrogens is 1. The first kappa shape index (κ1) is 24.5. The number of carbonyl (C=O) groups is 1. The lowest BCUT2D eigenvalue weighted by Gasteiger charge is -2.36. The predicted molar refractivity (Wildman–Crippen MR) is 127 cm³/mol. The monoisotopic (exact) mass is 456 g/mol. The second kappa shape index (κ2) is 12.2. The molecule has 1 amide bonds. The van der Waals surface area contributed by atoms with E-state index in [0.29, 0.717) is 42.5 Å². The fraction of sp³-hybridized carbons (Fsp3) is 0.417. The number of aliphatic hydroxyl groups excluding tert-OH is 1. The third-order valence-corrected chi connectivity index (χ3v) is 5.33. The second-order valence-corrected chi connectivity index (χ2v) is 7.73. The van der Waals surface area contributed by atoms with Gasteiger partial charge in [0, 0.05) is 44.4 Å². The van der Waals surface area contributed by atoms with Gasteiger partial charge in [0.25, 0.3) is 5.91 Å². The summed E-state index contributed by atoms with van der Waals surface area (Å²) in [5.41, 5.74) is 1.04. The molecule has 1 saturated heterocycles. The molecule has 1 aromatic carbocycles. The molecule has 9 heteroatoms. The highest BCUT2D eigenvalue weighted by Gasteiger charge is 2.20. The molecule has 178 valence electrons. The summed E-state index contributed by atoms with van der Waals surface area (Å²) in [6.07, 6.45) is 2.81. The van der Waals surface area contributed by atoms with Gasteiger partial charge in [0.1, 0.15) is 17.3 Å². The molecule has 2 heterocycles. The second-order valence-electron chi connectivity index (χ2n) is 7.73. The van der Waals surface area contributed by atoms with Crippen LogP contribution in [0.1, 0.15) is 10.4 Å². The van der Waals surface area contributed by atoms with Crippen LogP contribution in [0.5, 0.6) is 11.5 Å². The maximum Gasteiger partial charge on any atom is 0.255 e. The number of nitrogens with one attached hydrogen (secondary N) is 1. The van der Waals surface area contributed by atoms with E-state index in [1.807, 2.05) is 12.1 Å². The minimum atomic E-state index is -0.512. The molecule has 0 aliphatic carbocycles. The van der Waals surface area contributed by atoms with E-state index in [4.69, 9.17) is 14.2 Å². The molecular weight excluding hydrogens is 424 g/mol. The van der Waals surface area contributed by atoms with Crippen LogP contribution in [0.2, 0.25) is 0 Å². The maximum absolute atomic E-state index is 12.6. The summed E-state index contributed by atoms with van der Waals surface area (Å²) in [6, 6.07) is 8.76. The normalized spacial score (nSPS) is 15.1. The quantitative estimate of drug-likeness (QED) is 0.392. The smallest absolute Gasteiger partial charge is 0.255 e. The number of nitrogens with zero attached hydrogens (tertiary/aromatic N) is 3. The molecule has 0 radical (unpaired) electrons. The van der Waals surface area contributed by atoms with E-state index in [2.05, 4.69) is 26.7 Å². The zero-order valence-corrected chi connectivity index (χ0v) is 19.2. The van der Waals surface area contributed by atoms with Gasteiger partial charge in [-0.05, 0) is 24.3 Å². The highest BCUT2D eigenvalue weighted by atomic mass is 16.5. The summed E-state index contributed by atoms with van der Waals surface area (Å²) in [4.78, 5) is 21.6. The summed E-state index contributed by atoms with van der Waals surface area (Å²) in [5, 5.41) is 12.9. The van der Waals surface area contributed by atoms with Gasteiger partial charge in [0.2, 0.25) is 0 Å². The van der Waals surface area contributed by atoms with Crippen molar-refractivity contribution >= 4 is 17.4 Å². The van der Waals surface area contributed by atoms with Crippen LogP contribution in [0.15, 0.2) is 49.2 Å². The molecule has 1 atom stereocenters. The van der Waals surface area contributed by atoms with Gasteiger partial charge >= 0.3 is 0 Å². The first-order chi connectivity index (χ1) is 16.0. The zero-order valence-electron chi connectivity index (χ0n) is 19.2. The largest absolute Gasteiger partial charge is 0.497 e. The van der Waals surface area contributed by atoms with Gasteiger partial charge in [-0.3, -0.25) is 9.69 Å². The van der Waals surface area contributed by atoms with E-state index >= 15 is 0 Å². The molecule has 3 rings (SSSR count). The van der Waals surface area contributed by atoms with Gasteiger partial charge in [-0.25, -0.2) is 4.98 Å². The summed E-state index contributed by atoms with van der Waals surface area (Å²) in [5.74, 6) is 1.67. The zero-order chi connectivity index (χ0) is 23.6. The Labute approximate surface area is 194 Å². The number of methoxy groups -OCH3 is 2. The highest BCUT2D eigenvalue weighted by molar-refractivity contribution is 6.04. The van der Waals surface area contributed by atoms with Gasteiger partial charge < -0.3 is 29.5 Å². The minimum absolute atomic E-state index is 0.272. The van der Waals surface area contributed by atoms with Crippen LogP contribution in [-0.2, 0) is 4.74 Å². The molecule has 1 aliphatic heterocycles. The van der Waals surface area contributed by atoms with Crippen molar-refractivity contribution in [2.24, 2.45) is 0 Å². The van der Waals surface area contributed by atoms with Crippen molar-refractivity contribution in [1.29, 1.82) is 0 Å². The number of benzene rings is 1. The number of hydrogen-bond donors (Lipinski definition) is 2. The van der Waals surface area contributed by atoms with Crippen LogP contribution >= 0.6 is 0 Å². The van der Waals surface area contributed by atoms with Crippen molar-refractivity contribution in [3.8, 4) is 11.5 Å². The average Bonchev–Trinajstić information content (AvgIpc) is 2.84. The lowest BCUT2D eigenvalue weighted by molar-refractivity contribution is 0.0252. The van der Waals surface area contributed by atoms with Gasteiger partial charge in [0.15, 0.2) is 0 Å². The number of piperazine rings is 1. The Bertz CT molecular complexity index is 891. The predicted octanol–water partition coefficient (Wildman–Crippen LogP) is 2.04. The van der Waals surface area contributed by atoms with Crippen molar-refractivity contribution in [3.63, 3.8) is 0 Å². The van der Waals surface area contributed by atoms with Crippen molar-refractivity contribution in [3.05, 3.63) is 54.7 Å². The lowest BCUT2D eigenvalue weighted by Crippen LogP contribution is -2.49. The molecule has 0 bridgehead atoms. The molecule has 1 aliphatic rings. The summed E-state index contributed by atoms with van der Waals surface area (Å²) >= 11 is 0. The Morgan fingerprint density at radius 3 is 2.45 bits per heavy atom. The van der Waals surface area contributed by atoms with Gasteiger partial charge in [0.05, 0.1) is 45.4 Å². The standard InChI is InChI=1S/C24H32N4O5/c1-4-11-33-17-20(29)16-27-7-9-28(10-8-27)23-6-5-19(15-25-23)26-24(30)18-12-21(31-2)14-22(13-18)32-3/h4-6,12-15,20,29H,1,7-11,16-17H2,2-3H3,(H,26,30). The molecule has 2 aromatic rings. The Kier molecular flexibility index (Phi) is 9.05.